The maximum atomic E-state index is 13.1. The first kappa shape index (κ1) is 20.0. The van der Waals surface area contributed by atoms with E-state index in [0.717, 1.165) is 81.3 Å². The van der Waals surface area contributed by atoms with Crippen LogP contribution in [-0.2, 0) is 0 Å². The number of imidazole rings is 1. The van der Waals surface area contributed by atoms with Crippen LogP contribution in [0.3, 0.4) is 0 Å². The zero-order valence-corrected chi connectivity index (χ0v) is 18.2. The van der Waals surface area contributed by atoms with Crippen molar-refractivity contribution in [1.29, 1.82) is 0 Å². The van der Waals surface area contributed by atoms with Gasteiger partial charge in [-0.15, -0.1) is 0 Å². The summed E-state index contributed by atoms with van der Waals surface area (Å²) in [5.74, 6) is 2.27. The molecule has 4 heterocycles. The molecule has 2 aliphatic heterocycles. The van der Waals surface area contributed by atoms with Gasteiger partial charge in [0.15, 0.2) is 0 Å². The molecule has 0 N–H and O–H groups in total. The minimum Gasteiger partial charge on any atom is -0.354 e. The van der Waals surface area contributed by atoms with Crippen molar-refractivity contribution >= 4 is 22.9 Å². The fourth-order valence-electron chi connectivity index (χ4n) is 4.84. The van der Waals surface area contributed by atoms with Gasteiger partial charge in [-0.3, -0.25) is 4.90 Å². The first-order chi connectivity index (χ1) is 15.2. The van der Waals surface area contributed by atoms with E-state index in [9.17, 15) is 4.79 Å². The topological polar surface area (TPSA) is 57.5 Å². The molecule has 31 heavy (non-hydrogen) atoms. The Kier molecular flexibility index (Phi) is 5.59. The van der Waals surface area contributed by atoms with Crippen molar-refractivity contribution < 1.29 is 4.79 Å². The Morgan fingerprint density at radius 3 is 2.58 bits per heavy atom. The number of carbonyl (C=O) groups is 1. The number of amides is 1. The monoisotopic (exact) mass is 418 g/mol. The van der Waals surface area contributed by atoms with Crippen LogP contribution in [0, 0.1) is 0 Å². The highest BCUT2D eigenvalue weighted by molar-refractivity contribution is 5.91. The highest BCUT2D eigenvalue weighted by Gasteiger charge is 2.34. The number of nitrogens with zero attached hydrogens (tertiary/aromatic N) is 6. The molecule has 0 radical (unpaired) electrons. The van der Waals surface area contributed by atoms with Crippen molar-refractivity contribution in [3.63, 3.8) is 0 Å². The van der Waals surface area contributed by atoms with Crippen molar-refractivity contribution in [3.8, 4) is 0 Å². The summed E-state index contributed by atoms with van der Waals surface area (Å²) in [6.45, 7) is 8.80. The summed E-state index contributed by atoms with van der Waals surface area (Å²) in [6.07, 6.45) is 3.84. The molecular formula is C24H30N6O. The van der Waals surface area contributed by atoms with Gasteiger partial charge >= 0.3 is 6.03 Å². The Hall–Kier alpha value is -2.93. The first-order valence-corrected chi connectivity index (χ1v) is 11.4. The van der Waals surface area contributed by atoms with Crippen molar-refractivity contribution in [1.82, 2.24) is 24.3 Å². The van der Waals surface area contributed by atoms with Crippen LogP contribution in [-0.4, -0.2) is 76.2 Å². The van der Waals surface area contributed by atoms with E-state index in [-0.39, 0.29) is 11.9 Å². The molecule has 2 aliphatic rings. The van der Waals surface area contributed by atoms with E-state index >= 15 is 0 Å². The molecule has 1 aromatic carbocycles. The zero-order valence-electron chi connectivity index (χ0n) is 18.2. The third-order valence-electron chi connectivity index (χ3n) is 6.49. The van der Waals surface area contributed by atoms with Gasteiger partial charge in [0.05, 0.1) is 11.0 Å². The van der Waals surface area contributed by atoms with Crippen LogP contribution < -0.4 is 4.90 Å². The molecule has 162 valence electrons. The van der Waals surface area contributed by atoms with E-state index < -0.39 is 0 Å². The first-order valence-electron chi connectivity index (χ1n) is 11.4. The lowest BCUT2D eigenvalue weighted by atomic mass is 10.0. The lowest BCUT2D eigenvalue weighted by Crippen LogP contribution is -2.48. The second kappa shape index (κ2) is 8.67. The van der Waals surface area contributed by atoms with Crippen LogP contribution in [0.25, 0.3) is 11.0 Å². The summed E-state index contributed by atoms with van der Waals surface area (Å²) in [6, 6.07) is 14.2. The van der Waals surface area contributed by atoms with Gasteiger partial charge in [0.2, 0.25) is 0 Å². The number of fused-ring (bicyclic) bond motifs is 3. The number of piperazine rings is 1. The van der Waals surface area contributed by atoms with Crippen LogP contribution in [0.2, 0.25) is 0 Å². The molecule has 7 heteroatoms. The zero-order chi connectivity index (χ0) is 21.2. The number of aromatic nitrogens is 3. The standard InChI is InChI=1S/C24H30N6O/c1-2-12-29-18-19(23-26-20-7-3-4-8-21(20)30(23)24(29)31)10-13-27-14-16-28(17-15-27)22-9-5-6-11-25-22/h3-9,11,19H,2,10,12-18H2,1H3. The second-order valence-electron chi connectivity index (χ2n) is 8.52. The molecule has 0 spiro atoms. The van der Waals surface area contributed by atoms with Crippen molar-refractivity contribution in [2.24, 2.45) is 0 Å². The summed E-state index contributed by atoms with van der Waals surface area (Å²) in [5.41, 5.74) is 1.84. The predicted molar refractivity (Wildman–Crippen MR) is 123 cm³/mol. The number of hydrogen-bond acceptors (Lipinski definition) is 5. The molecule has 5 rings (SSSR count). The fraction of sp³-hybridized carbons (Fsp3) is 0.458. The Bertz CT molecular complexity index is 1040. The average molecular weight is 419 g/mol. The SMILES string of the molecule is CCCN1CC(CCN2CCN(c3ccccn3)CC2)c2nc3ccccc3n2C1=O. The molecule has 1 unspecified atom stereocenters. The Labute approximate surface area is 183 Å². The van der Waals surface area contributed by atoms with Gasteiger partial charge in [0, 0.05) is 51.4 Å². The molecule has 3 aromatic rings. The second-order valence-corrected chi connectivity index (χ2v) is 8.52. The van der Waals surface area contributed by atoms with E-state index in [2.05, 4.69) is 27.8 Å². The van der Waals surface area contributed by atoms with E-state index in [1.54, 1.807) is 0 Å². The number of benzene rings is 1. The van der Waals surface area contributed by atoms with Gasteiger partial charge in [-0.05, 0) is 43.7 Å². The van der Waals surface area contributed by atoms with Crippen LogP contribution in [0.15, 0.2) is 48.7 Å². The third-order valence-corrected chi connectivity index (χ3v) is 6.49. The molecule has 0 aliphatic carbocycles. The molecule has 1 amide bonds. The van der Waals surface area contributed by atoms with E-state index in [1.165, 1.54) is 0 Å². The lowest BCUT2D eigenvalue weighted by molar-refractivity contribution is 0.177. The lowest BCUT2D eigenvalue weighted by Gasteiger charge is -2.37. The summed E-state index contributed by atoms with van der Waals surface area (Å²) < 4.78 is 1.86. The molecule has 1 atom stereocenters. The normalized spacial score (nSPS) is 19.8. The Morgan fingerprint density at radius 2 is 1.81 bits per heavy atom. The Morgan fingerprint density at radius 1 is 1.00 bits per heavy atom. The number of pyridine rings is 1. The summed E-state index contributed by atoms with van der Waals surface area (Å²) in [5, 5.41) is 0. The smallest absolute Gasteiger partial charge is 0.330 e. The summed E-state index contributed by atoms with van der Waals surface area (Å²) >= 11 is 0. The molecule has 1 saturated heterocycles. The van der Waals surface area contributed by atoms with Crippen LogP contribution in [0.1, 0.15) is 31.5 Å². The minimum absolute atomic E-state index is 0.0748. The number of anilines is 1. The van der Waals surface area contributed by atoms with Gasteiger partial charge in [-0.2, -0.15) is 0 Å². The van der Waals surface area contributed by atoms with Crippen molar-refractivity contribution in [2.75, 3.05) is 50.7 Å². The number of rotatable bonds is 6. The third kappa shape index (κ3) is 3.90. The quantitative estimate of drug-likeness (QED) is 0.614. The van der Waals surface area contributed by atoms with Gasteiger partial charge in [0.1, 0.15) is 11.6 Å². The Balaban J connectivity index is 1.28. The highest BCUT2D eigenvalue weighted by atomic mass is 16.2. The van der Waals surface area contributed by atoms with Crippen molar-refractivity contribution in [3.05, 3.63) is 54.5 Å². The van der Waals surface area contributed by atoms with Crippen LogP contribution >= 0.6 is 0 Å². The average Bonchev–Trinajstić information content (AvgIpc) is 3.21. The summed E-state index contributed by atoms with van der Waals surface area (Å²) in [7, 11) is 0. The van der Waals surface area contributed by atoms with E-state index in [1.807, 2.05) is 52.1 Å². The van der Waals surface area contributed by atoms with Gasteiger partial charge in [-0.1, -0.05) is 25.1 Å². The van der Waals surface area contributed by atoms with Gasteiger partial charge < -0.3 is 9.80 Å². The number of para-hydroxylation sites is 2. The van der Waals surface area contributed by atoms with Crippen LogP contribution in [0.4, 0.5) is 10.6 Å². The number of hydrogen-bond donors (Lipinski definition) is 0. The molecule has 7 nitrogen and oxygen atoms in total. The predicted octanol–water partition coefficient (Wildman–Crippen LogP) is 3.42. The van der Waals surface area contributed by atoms with Gasteiger partial charge in [-0.25, -0.2) is 19.3 Å². The molecule has 2 aromatic heterocycles. The van der Waals surface area contributed by atoms with E-state index in [0.29, 0.717) is 0 Å². The maximum absolute atomic E-state index is 13.1. The highest BCUT2D eigenvalue weighted by Crippen LogP contribution is 2.30. The fourth-order valence-corrected chi connectivity index (χ4v) is 4.84. The largest absolute Gasteiger partial charge is 0.354 e. The van der Waals surface area contributed by atoms with Crippen LogP contribution in [0.5, 0.6) is 0 Å². The van der Waals surface area contributed by atoms with E-state index in [4.69, 9.17) is 4.98 Å². The minimum atomic E-state index is 0.0748. The van der Waals surface area contributed by atoms with Gasteiger partial charge in [0.25, 0.3) is 0 Å². The molecular weight excluding hydrogens is 388 g/mol. The molecule has 0 bridgehead atoms. The molecule has 1 fully saturated rings. The van der Waals surface area contributed by atoms with Crippen molar-refractivity contribution in [2.45, 2.75) is 25.7 Å². The number of carbonyl (C=O) groups excluding carboxylic acids is 1. The molecule has 0 saturated carbocycles. The maximum Gasteiger partial charge on any atom is 0.330 e. The summed E-state index contributed by atoms with van der Waals surface area (Å²) in [4.78, 5) is 29.4.